The van der Waals surface area contributed by atoms with E-state index in [0.717, 1.165) is 11.4 Å². The molecule has 0 fully saturated rings. The highest BCUT2D eigenvalue weighted by Crippen LogP contribution is 2.26. The van der Waals surface area contributed by atoms with E-state index >= 15 is 0 Å². The van der Waals surface area contributed by atoms with Gasteiger partial charge in [-0.15, -0.1) is 11.6 Å². The maximum Gasteiger partial charge on any atom is 0.182 e. The normalized spacial score (nSPS) is 13.7. The first-order valence-electron chi connectivity index (χ1n) is 6.09. The Kier molecular flexibility index (Phi) is 4.62. The van der Waals surface area contributed by atoms with Crippen LogP contribution in [0.15, 0.2) is 6.07 Å². The van der Waals surface area contributed by atoms with Gasteiger partial charge in [0.15, 0.2) is 5.78 Å². The van der Waals surface area contributed by atoms with Gasteiger partial charge in [-0.25, -0.2) is 0 Å². The number of ketones is 1. The van der Waals surface area contributed by atoms with E-state index in [1.54, 1.807) is 14.0 Å². The minimum Gasteiger partial charge on any atom is -0.382 e. The van der Waals surface area contributed by atoms with Crippen LogP contribution in [0.3, 0.4) is 0 Å². The molecule has 1 rings (SSSR count). The van der Waals surface area contributed by atoms with E-state index in [9.17, 15) is 4.79 Å². The van der Waals surface area contributed by atoms with Crippen molar-refractivity contribution < 1.29 is 9.53 Å². The molecule has 1 aromatic rings. The topological polar surface area (TPSA) is 31.2 Å². The lowest BCUT2D eigenvalue weighted by Gasteiger charge is -2.29. The number of methoxy groups -OCH3 is 1. The van der Waals surface area contributed by atoms with E-state index in [4.69, 9.17) is 16.3 Å². The summed E-state index contributed by atoms with van der Waals surface area (Å²) >= 11 is 5.89. The molecule has 102 valence electrons. The highest BCUT2D eigenvalue weighted by molar-refractivity contribution is 6.33. The van der Waals surface area contributed by atoms with Gasteiger partial charge < -0.3 is 9.30 Å². The standard InChI is InChI=1S/C14H22ClNO2/c1-9-7-12(13(17)10(2)15)11(3)16(9)14(4,5)8-18-6/h7,10H,8H2,1-6H3. The van der Waals surface area contributed by atoms with Gasteiger partial charge in [-0.05, 0) is 40.7 Å². The van der Waals surface area contributed by atoms with Crippen LogP contribution in [0, 0.1) is 13.8 Å². The predicted octanol–water partition coefficient (Wildman–Crippen LogP) is 3.30. The van der Waals surface area contributed by atoms with Crippen molar-refractivity contribution in [1.29, 1.82) is 0 Å². The molecule has 0 amide bonds. The van der Waals surface area contributed by atoms with E-state index in [1.165, 1.54) is 0 Å². The van der Waals surface area contributed by atoms with E-state index in [1.807, 2.05) is 19.9 Å². The zero-order chi connectivity index (χ0) is 14.1. The van der Waals surface area contributed by atoms with Gasteiger partial charge in [-0.2, -0.15) is 0 Å². The van der Waals surface area contributed by atoms with E-state index in [2.05, 4.69) is 18.4 Å². The Hall–Kier alpha value is -0.800. The molecule has 1 aromatic heterocycles. The van der Waals surface area contributed by atoms with Crippen molar-refractivity contribution >= 4 is 17.4 Å². The fraction of sp³-hybridized carbons (Fsp3) is 0.643. The molecule has 0 bridgehead atoms. The van der Waals surface area contributed by atoms with Gasteiger partial charge in [-0.1, -0.05) is 0 Å². The summed E-state index contributed by atoms with van der Waals surface area (Å²) in [6.45, 7) is 10.4. The molecular weight excluding hydrogens is 250 g/mol. The fourth-order valence-electron chi connectivity index (χ4n) is 2.58. The zero-order valence-electron chi connectivity index (χ0n) is 12.0. The highest BCUT2D eigenvalue weighted by Gasteiger charge is 2.27. The van der Waals surface area contributed by atoms with Crippen LogP contribution in [-0.2, 0) is 10.3 Å². The molecule has 1 atom stereocenters. The Morgan fingerprint density at radius 1 is 1.50 bits per heavy atom. The molecule has 0 aliphatic heterocycles. The molecule has 4 heteroatoms. The Bertz CT molecular complexity index is 447. The molecule has 0 aromatic carbocycles. The zero-order valence-corrected chi connectivity index (χ0v) is 12.8. The number of nitrogens with zero attached hydrogens (tertiary/aromatic N) is 1. The second kappa shape index (κ2) is 5.45. The summed E-state index contributed by atoms with van der Waals surface area (Å²) in [5.41, 5.74) is 2.53. The first-order chi connectivity index (χ1) is 8.22. The van der Waals surface area contributed by atoms with Crippen LogP contribution in [0.1, 0.15) is 42.5 Å². The number of halogens is 1. The summed E-state index contributed by atoms with van der Waals surface area (Å²) < 4.78 is 7.40. The predicted molar refractivity (Wildman–Crippen MR) is 74.7 cm³/mol. The number of ether oxygens (including phenoxy) is 1. The SMILES string of the molecule is COCC(C)(C)n1c(C)cc(C(=O)C(C)Cl)c1C. The highest BCUT2D eigenvalue weighted by atomic mass is 35.5. The van der Waals surface area contributed by atoms with Crippen LogP contribution < -0.4 is 0 Å². The minimum absolute atomic E-state index is 0.0239. The lowest BCUT2D eigenvalue weighted by atomic mass is 10.1. The third-order valence-electron chi connectivity index (χ3n) is 3.16. The van der Waals surface area contributed by atoms with Crippen LogP contribution in [0.2, 0.25) is 0 Å². The molecule has 0 N–H and O–H groups in total. The van der Waals surface area contributed by atoms with Gasteiger partial charge >= 0.3 is 0 Å². The van der Waals surface area contributed by atoms with Crippen LogP contribution in [0.5, 0.6) is 0 Å². The largest absolute Gasteiger partial charge is 0.382 e. The summed E-state index contributed by atoms with van der Waals surface area (Å²) in [7, 11) is 1.68. The lowest BCUT2D eigenvalue weighted by Crippen LogP contribution is -2.33. The molecule has 3 nitrogen and oxygen atoms in total. The van der Waals surface area contributed by atoms with Crippen molar-refractivity contribution in [1.82, 2.24) is 4.57 Å². The van der Waals surface area contributed by atoms with Gasteiger partial charge in [0.25, 0.3) is 0 Å². The van der Waals surface area contributed by atoms with Gasteiger partial charge in [0, 0.05) is 24.1 Å². The first-order valence-corrected chi connectivity index (χ1v) is 6.52. The molecule has 0 spiro atoms. The molecule has 0 aliphatic carbocycles. The number of hydrogen-bond donors (Lipinski definition) is 0. The summed E-state index contributed by atoms with van der Waals surface area (Å²) in [5, 5.41) is -0.496. The molecule has 1 unspecified atom stereocenters. The number of carbonyl (C=O) groups excluding carboxylic acids is 1. The molecule has 0 aliphatic rings. The summed E-state index contributed by atoms with van der Waals surface area (Å²) in [6.07, 6.45) is 0. The third kappa shape index (κ3) is 2.78. The average Bonchev–Trinajstić information content (AvgIpc) is 2.53. The van der Waals surface area contributed by atoms with Gasteiger partial charge in [0.2, 0.25) is 0 Å². The number of hydrogen-bond acceptors (Lipinski definition) is 2. The summed E-state index contributed by atoms with van der Waals surface area (Å²) in [4.78, 5) is 12.0. The number of aromatic nitrogens is 1. The van der Waals surface area contributed by atoms with Gasteiger partial charge in [-0.3, -0.25) is 4.79 Å². The third-order valence-corrected chi connectivity index (χ3v) is 3.36. The summed E-state index contributed by atoms with van der Waals surface area (Å²) in [5.74, 6) is -0.0239. The van der Waals surface area contributed by atoms with E-state index in [-0.39, 0.29) is 11.3 Å². The smallest absolute Gasteiger partial charge is 0.182 e. The van der Waals surface area contributed by atoms with Gasteiger partial charge in [0.05, 0.1) is 17.5 Å². The van der Waals surface area contributed by atoms with E-state index < -0.39 is 5.38 Å². The number of aryl methyl sites for hydroxylation is 1. The molecule has 18 heavy (non-hydrogen) atoms. The van der Waals surface area contributed by atoms with Gasteiger partial charge in [0.1, 0.15) is 0 Å². The second-order valence-electron chi connectivity index (χ2n) is 5.35. The average molecular weight is 272 g/mol. The Morgan fingerprint density at radius 2 is 2.06 bits per heavy atom. The number of rotatable bonds is 5. The van der Waals surface area contributed by atoms with Crippen LogP contribution in [0.4, 0.5) is 0 Å². The molecule has 1 heterocycles. The van der Waals surface area contributed by atoms with Crippen LogP contribution in [-0.4, -0.2) is 29.4 Å². The molecule has 0 radical (unpaired) electrons. The molecule has 0 saturated heterocycles. The first kappa shape index (κ1) is 15.3. The minimum atomic E-state index is -0.496. The van der Waals surface area contributed by atoms with Crippen molar-refractivity contribution in [3.05, 3.63) is 23.0 Å². The van der Waals surface area contributed by atoms with Crippen LogP contribution in [0.25, 0.3) is 0 Å². The molecular formula is C14H22ClNO2. The van der Waals surface area contributed by atoms with Crippen molar-refractivity contribution in [2.45, 2.75) is 45.5 Å². The van der Waals surface area contributed by atoms with Crippen molar-refractivity contribution in [3.8, 4) is 0 Å². The Balaban J connectivity index is 3.28. The summed E-state index contributed by atoms with van der Waals surface area (Å²) in [6, 6.07) is 1.91. The van der Waals surface area contributed by atoms with E-state index in [0.29, 0.717) is 12.2 Å². The monoisotopic (exact) mass is 271 g/mol. The fourth-order valence-corrected chi connectivity index (χ4v) is 2.69. The maximum absolute atomic E-state index is 12.0. The Labute approximate surface area is 114 Å². The number of Topliss-reactive ketones (excluding diaryl/α,β-unsaturated/α-hetero) is 1. The number of alkyl halides is 1. The maximum atomic E-state index is 12.0. The second-order valence-corrected chi connectivity index (χ2v) is 6.00. The quantitative estimate of drug-likeness (QED) is 0.608. The van der Waals surface area contributed by atoms with Crippen molar-refractivity contribution in [3.63, 3.8) is 0 Å². The van der Waals surface area contributed by atoms with Crippen molar-refractivity contribution in [2.75, 3.05) is 13.7 Å². The Morgan fingerprint density at radius 3 is 2.50 bits per heavy atom. The molecule has 0 saturated carbocycles. The lowest BCUT2D eigenvalue weighted by molar-refractivity contribution is 0.0985. The number of carbonyl (C=O) groups is 1. The van der Waals surface area contributed by atoms with Crippen LogP contribution >= 0.6 is 11.6 Å². The van der Waals surface area contributed by atoms with Crippen molar-refractivity contribution in [2.24, 2.45) is 0 Å².